The molecule has 6 heteroatoms. The maximum Gasteiger partial charge on any atom is 0.228 e. The van der Waals surface area contributed by atoms with Crippen LogP contribution in [0.1, 0.15) is 17.3 Å². The van der Waals surface area contributed by atoms with E-state index in [1.807, 2.05) is 22.4 Å². The van der Waals surface area contributed by atoms with Crippen LogP contribution in [0.25, 0.3) is 0 Å². The first kappa shape index (κ1) is 13.6. The first-order valence-electron chi connectivity index (χ1n) is 6.84. The van der Waals surface area contributed by atoms with Crippen molar-refractivity contribution < 1.29 is 14.3 Å². The molecule has 0 radical (unpaired) electrons. The predicted octanol–water partition coefficient (Wildman–Crippen LogP) is 1.13. The highest BCUT2D eigenvalue weighted by Gasteiger charge is 2.44. The maximum atomic E-state index is 12.7. The van der Waals surface area contributed by atoms with E-state index in [4.69, 9.17) is 4.74 Å². The van der Waals surface area contributed by atoms with E-state index in [-0.39, 0.29) is 23.8 Å². The van der Waals surface area contributed by atoms with Crippen LogP contribution in [0.3, 0.4) is 0 Å². The first-order valence-corrected chi connectivity index (χ1v) is 7.72. The molecule has 2 aliphatic rings. The molecule has 0 bridgehead atoms. The third kappa shape index (κ3) is 2.33. The summed E-state index contributed by atoms with van der Waals surface area (Å²) in [5, 5.41) is 1.99. The van der Waals surface area contributed by atoms with Gasteiger partial charge in [-0.25, -0.2) is 0 Å². The highest BCUT2D eigenvalue weighted by molar-refractivity contribution is 7.10. The fourth-order valence-electron chi connectivity index (χ4n) is 2.96. The van der Waals surface area contributed by atoms with Gasteiger partial charge in [0.25, 0.3) is 0 Å². The summed E-state index contributed by atoms with van der Waals surface area (Å²) in [5.41, 5.74) is 0. The van der Waals surface area contributed by atoms with Crippen molar-refractivity contribution >= 4 is 23.2 Å². The molecule has 0 unspecified atom stereocenters. The zero-order valence-electron chi connectivity index (χ0n) is 11.4. The first-order chi connectivity index (χ1) is 9.68. The van der Waals surface area contributed by atoms with Crippen LogP contribution >= 0.6 is 11.3 Å². The molecule has 0 aliphatic carbocycles. The summed E-state index contributed by atoms with van der Waals surface area (Å²) in [6.07, 6.45) is 0.315. The number of ether oxygens (including phenoxy) is 1. The highest BCUT2D eigenvalue weighted by atomic mass is 32.1. The van der Waals surface area contributed by atoms with Gasteiger partial charge in [-0.15, -0.1) is 11.3 Å². The van der Waals surface area contributed by atoms with Gasteiger partial charge in [0.05, 0.1) is 25.2 Å². The molecule has 0 saturated carbocycles. The third-order valence-corrected chi connectivity index (χ3v) is 5.00. The van der Waals surface area contributed by atoms with Gasteiger partial charge in [-0.3, -0.25) is 9.59 Å². The smallest absolute Gasteiger partial charge is 0.228 e. The number of amides is 2. The molecule has 3 heterocycles. The van der Waals surface area contributed by atoms with Gasteiger partial charge in [0.1, 0.15) is 0 Å². The van der Waals surface area contributed by atoms with E-state index < -0.39 is 0 Å². The van der Waals surface area contributed by atoms with E-state index in [9.17, 15) is 9.59 Å². The molecular formula is C14H18N2O3S. The number of likely N-dealkylation sites (tertiary alicyclic amines) is 1. The van der Waals surface area contributed by atoms with Crippen LogP contribution in [0.2, 0.25) is 0 Å². The molecule has 2 saturated heterocycles. The minimum absolute atomic E-state index is 0.0509. The summed E-state index contributed by atoms with van der Waals surface area (Å²) in [7, 11) is 1.79. The molecule has 2 amide bonds. The summed E-state index contributed by atoms with van der Waals surface area (Å²) in [5.74, 6) is -0.122. The number of thiophene rings is 1. The normalized spacial score (nSPS) is 27.1. The predicted molar refractivity (Wildman–Crippen MR) is 75.3 cm³/mol. The Hall–Kier alpha value is -1.40. The number of rotatable bonds is 2. The monoisotopic (exact) mass is 294 g/mol. The Labute approximate surface area is 122 Å². The highest BCUT2D eigenvalue weighted by Crippen LogP contribution is 2.39. The molecule has 1 aromatic rings. The molecule has 0 aromatic carbocycles. The molecule has 20 heavy (non-hydrogen) atoms. The second kappa shape index (κ2) is 5.54. The molecule has 0 N–H and O–H groups in total. The van der Waals surface area contributed by atoms with Crippen molar-refractivity contribution in [1.29, 1.82) is 0 Å². The van der Waals surface area contributed by atoms with Crippen molar-refractivity contribution in [3.63, 3.8) is 0 Å². The van der Waals surface area contributed by atoms with Crippen LogP contribution in [0.15, 0.2) is 17.5 Å². The van der Waals surface area contributed by atoms with Crippen molar-refractivity contribution in [3.05, 3.63) is 22.4 Å². The minimum atomic E-state index is -0.260. The van der Waals surface area contributed by atoms with Crippen LogP contribution in [0, 0.1) is 5.92 Å². The number of carbonyl (C=O) groups is 2. The van der Waals surface area contributed by atoms with E-state index in [0.717, 1.165) is 4.88 Å². The average Bonchev–Trinajstić information content (AvgIpc) is 3.08. The Morgan fingerprint density at radius 2 is 2.15 bits per heavy atom. The fourth-order valence-corrected chi connectivity index (χ4v) is 3.89. The molecule has 2 atom stereocenters. The quantitative estimate of drug-likeness (QED) is 0.821. The average molecular weight is 294 g/mol. The molecule has 2 fully saturated rings. The molecule has 1 aromatic heterocycles. The van der Waals surface area contributed by atoms with Gasteiger partial charge in [-0.1, -0.05) is 6.07 Å². The zero-order chi connectivity index (χ0) is 14.1. The number of carbonyl (C=O) groups excluding carboxylic acids is 2. The van der Waals surface area contributed by atoms with E-state index in [0.29, 0.717) is 32.7 Å². The fraction of sp³-hybridized carbons (Fsp3) is 0.571. The number of morpholine rings is 1. The van der Waals surface area contributed by atoms with Crippen molar-refractivity contribution in [2.24, 2.45) is 5.92 Å². The molecule has 108 valence electrons. The summed E-state index contributed by atoms with van der Waals surface area (Å²) in [6, 6.07) is 3.86. The topological polar surface area (TPSA) is 49.9 Å². The second-order valence-corrected chi connectivity index (χ2v) is 6.19. The van der Waals surface area contributed by atoms with E-state index in [1.54, 1.807) is 23.3 Å². The van der Waals surface area contributed by atoms with Gasteiger partial charge in [-0.05, 0) is 11.4 Å². The standard InChI is InChI=1S/C14H18N2O3S/c1-15-12(17)9-10(13(15)11-3-2-8-20-11)14(18)16-4-6-19-7-5-16/h2-3,8,10,13H,4-7,9H2,1H3/t10-,13+/m0/s1. The van der Waals surface area contributed by atoms with Crippen molar-refractivity contribution in [2.45, 2.75) is 12.5 Å². The number of nitrogens with zero attached hydrogens (tertiary/aromatic N) is 2. The summed E-state index contributed by atoms with van der Waals surface area (Å²) < 4.78 is 5.28. The van der Waals surface area contributed by atoms with Crippen LogP contribution in [-0.4, -0.2) is 55.0 Å². The lowest BCUT2D eigenvalue weighted by Gasteiger charge is -2.31. The van der Waals surface area contributed by atoms with Gasteiger partial charge >= 0.3 is 0 Å². The Bertz CT molecular complexity index is 497. The Morgan fingerprint density at radius 1 is 1.40 bits per heavy atom. The zero-order valence-corrected chi connectivity index (χ0v) is 12.3. The summed E-state index contributed by atoms with van der Waals surface area (Å²) in [6.45, 7) is 2.44. The second-order valence-electron chi connectivity index (χ2n) is 5.21. The molecule has 3 rings (SSSR count). The number of hydrogen-bond acceptors (Lipinski definition) is 4. The van der Waals surface area contributed by atoms with Crippen molar-refractivity contribution in [1.82, 2.24) is 9.80 Å². The van der Waals surface area contributed by atoms with Gasteiger partial charge in [0.15, 0.2) is 0 Å². The van der Waals surface area contributed by atoms with Gasteiger partial charge < -0.3 is 14.5 Å². The van der Waals surface area contributed by atoms with Crippen LogP contribution in [0.4, 0.5) is 0 Å². The molecular weight excluding hydrogens is 276 g/mol. The lowest BCUT2D eigenvalue weighted by Crippen LogP contribution is -2.44. The molecule has 5 nitrogen and oxygen atoms in total. The lowest BCUT2D eigenvalue weighted by molar-refractivity contribution is -0.140. The van der Waals surface area contributed by atoms with Crippen LogP contribution in [-0.2, 0) is 14.3 Å². The SMILES string of the molecule is CN1C(=O)C[C@H](C(=O)N2CCOCC2)[C@@H]1c1cccs1. The lowest BCUT2D eigenvalue weighted by atomic mass is 9.97. The Morgan fingerprint density at radius 3 is 2.80 bits per heavy atom. The van der Waals surface area contributed by atoms with Crippen LogP contribution in [0.5, 0.6) is 0 Å². The van der Waals surface area contributed by atoms with E-state index >= 15 is 0 Å². The minimum Gasteiger partial charge on any atom is -0.378 e. The van der Waals surface area contributed by atoms with Crippen LogP contribution < -0.4 is 0 Å². The molecule has 2 aliphatic heterocycles. The summed E-state index contributed by atoms with van der Waals surface area (Å²) >= 11 is 1.60. The van der Waals surface area contributed by atoms with Gasteiger partial charge in [0, 0.05) is 31.4 Å². The maximum absolute atomic E-state index is 12.7. The Kier molecular flexibility index (Phi) is 3.76. The Balaban J connectivity index is 1.83. The summed E-state index contributed by atoms with van der Waals surface area (Å²) in [4.78, 5) is 29.3. The third-order valence-electron chi connectivity index (χ3n) is 4.06. The number of hydrogen-bond donors (Lipinski definition) is 0. The van der Waals surface area contributed by atoms with Gasteiger partial charge in [0.2, 0.25) is 11.8 Å². The largest absolute Gasteiger partial charge is 0.378 e. The molecule has 0 spiro atoms. The van der Waals surface area contributed by atoms with Crippen molar-refractivity contribution in [3.8, 4) is 0 Å². The van der Waals surface area contributed by atoms with Gasteiger partial charge in [-0.2, -0.15) is 0 Å². The van der Waals surface area contributed by atoms with Crippen molar-refractivity contribution in [2.75, 3.05) is 33.4 Å². The van der Waals surface area contributed by atoms with E-state index in [1.165, 1.54) is 0 Å². The van der Waals surface area contributed by atoms with E-state index in [2.05, 4.69) is 0 Å².